The number of thiophene rings is 1. The normalized spacial score (nSPS) is 16.0. The van der Waals surface area contributed by atoms with Gasteiger partial charge < -0.3 is 20.1 Å². The van der Waals surface area contributed by atoms with Gasteiger partial charge in [0.1, 0.15) is 0 Å². The first kappa shape index (κ1) is 20.5. The van der Waals surface area contributed by atoms with Crippen LogP contribution in [0.25, 0.3) is 0 Å². The van der Waals surface area contributed by atoms with Crippen molar-refractivity contribution in [1.29, 1.82) is 0 Å². The lowest BCUT2D eigenvalue weighted by Gasteiger charge is -2.27. The summed E-state index contributed by atoms with van der Waals surface area (Å²) in [4.78, 5) is 8.34. The van der Waals surface area contributed by atoms with Gasteiger partial charge in [0.2, 0.25) is 0 Å². The molecular weight excluding hydrogens is 372 g/mol. The Kier molecular flexibility index (Phi) is 7.56. The molecular formula is C21H30N4O2S. The third-order valence-electron chi connectivity index (χ3n) is 4.87. The third kappa shape index (κ3) is 5.17. The molecule has 0 aliphatic carbocycles. The highest BCUT2D eigenvalue weighted by Gasteiger charge is 2.24. The highest BCUT2D eigenvalue weighted by Crippen LogP contribution is 2.30. The van der Waals surface area contributed by atoms with Crippen LogP contribution >= 0.6 is 11.3 Å². The average molecular weight is 403 g/mol. The Bertz CT molecular complexity index is 758. The first-order chi connectivity index (χ1) is 13.7. The van der Waals surface area contributed by atoms with Gasteiger partial charge in [-0.1, -0.05) is 6.07 Å². The van der Waals surface area contributed by atoms with Crippen LogP contribution in [0.2, 0.25) is 0 Å². The molecule has 3 rings (SSSR count). The largest absolute Gasteiger partial charge is 0.493 e. The minimum Gasteiger partial charge on any atom is -0.493 e. The van der Waals surface area contributed by atoms with Gasteiger partial charge >= 0.3 is 0 Å². The molecule has 152 valence electrons. The quantitative estimate of drug-likeness (QED) is 0.517. The SMILES string of the molecule is CCOc1ccc(NC(=NC)NCC(c2cccs2)N2CCCC2)cc1OC. The molecule has 1 aliphatic heterocycles. The van der Waals surface area contributed by atoms with Crippen LogP contribution in [-0.2, 0) is 0 Å². The first-order valence-corrected chi connectivity index (χ1v) is 10.7. The number of guanidine groups is 1. The van der Waals surface area contributed by atoms with E-state index in [1.54, 1.807) is 14.2 Å². The molecule has 28 heavy (non-hydrogen) atoms. The monoisotopic (exact) mass is 402 g/mol. The molecule has 1 fully saturated rings. The maximum Gasteiger partial charge on any atom is 0.195 e. The third-order valence-corrected chi connectivity index (χ3v) is 5.84. The van der Waals surface area contributed by atoms with Crippen LogP contribution < -0.4 is 20.1 Å². The first-order valence-electron chi connectivity index (χ1n) is 9.81. The van der Waals surface area contributed by atoms with E-state index in [2.05, 4.69) is 38.0 Å². The van der Waals surface area contributed by atoms with E-state index in [-0.39, 0.29) is 0 Å². The van der Waals surface area contributed by atoms with Gasteiger partial charge in [0, 0.05) is 30.2 Å². The molecule has 1 saturated heterocycles. The molecule has 7 heteroatoms. The second-order valence-electron chi connectivity index (χ2n) is 6.65. The summed E-state index contributed by atoms with van der Waals surface area (Å²) in [7, 11) is 3.44. The van der Waals surface area contributed by atoms with Crippen molar-refractivity contribution in [3.05, 3.63) is 40.6 Å². The van der Waals surface area contributed by atoms with E-state index in [0.29, 0.717) is 18.4 Å². The summed E-state index contributed by atoms with van der Waals surface area (Å²) in [6.45, 7) is 5.70. The van der Waals surface area contributed by atoms with Gasteiger partial charge in [-0.2, -0.15) is 0 Å². The number of benzene rings is 1. The smallest absolute Gasteiger partial charge is 0.195 e. The van der Waals surface area contributed by atoms with Crippen LogP contribution in [0.5, 0.6) is 11.5 Å². The van der Waals surface area contributed by atoms with Gasteiger partial charge in [0.25, 0.3) is 0 Å². The van der Waals surface area contributed by atoms with E-state index in [1.165, 1.54) is 17.7 Å². The number of ether oxygens (including phenoxy) is 2. The molecule has 2 heterocycles. The zero-order chi connectivity index (χ0) is 19.8. The summed E-state index contributed by atoms with van der Waals surface area (Å²) in [6.07, 6.45) is 2.56. The van der Waals surface area contributed by atoms with Gasteiger partial charge in [-0.3, -0.25) is 9.89 Å². The highest BCUT2D eigenvalue weighted by atomic mass is 32.1. The fourth-order valence-corrected chi connectivity index (χ4v) is 4.33. The molecule has 6 nitrogen and oxygen atoms in total. The molecule has 1 atom stereocenters. The molecule has 1 aliphatic rings. The van der Waals surface area contributed by atoms with E-state index >= 15 is 0 Å². The number of aliphatic imine (C=N–C) groups is 1. The second-order valence-corrected chi connectivity index (χ2v) is 7.63. The van der Waals surface area contributed by atoms with Crippen LogP contribution in [-0.4, -0.2) is 51.3 Å². The summed E-state index contributed by atoms with van der Waals surface area (Å²) in [5, 5.41) is 8.99. The maximum absolute atomic E-state index is 5.59. The second kappa shape index (κ2) is 10.3. The average Bonchev–Trinajstić information content (AvgIpc) is 3.43. The van der Waals surface area contributed by atoms with Crippen molar-refractivity contribution in [1.82, 2.24) is 10.2 Å². The van der Waals surface area contributed by atoms with Crippen molar-refractivity contribution in [2.45, 2.75) is 25.8 Å². The summed E-state index contributed by atoms with van der Waals surface area (Å²) < 4.78 is 11.0. The zero-order valence-corrected chi connectivity index (χ0v) is 17.7. The van der Waals surface area contributed by atoms with Crippen molar-refractivity contribution in [2.75, 3.05) is 45.7 Å². The Morgan fingerprint density at radius 1 is 1.25 bits per heavy atom. The fourth-order valence-electron chi connectivity index (χ4n) is 3.47. The van der Waals surface area contributed by atoms with Crippen molar-refractivity contribution in [3.63, 3.8) is 0 Å². The van der Waals surface area contributed by atoms with Crippen LogP contribution in [0, 0.1) is 0 Å². The molecule has 2 aromatic rings. The van der Waals surface area contributed by atoms with E-state index in [1.807, 2.05) is 36.5 Å². The Morgan fingerprint density at radius 2 is 2.07 bits per heavy atom. The number of rotatable bonds is 8. The maximum atomic E-state index is 5.59. The number of hydrogen-bond donors (Lipinski definition) is 2. The van der Waals surface area contributed by atoms with E-state index in [4.69, 9.17) is 9.47 Å². The summed E-state index contributed by atoms with van der Waals surface area (Å²) in [6, 6.07) is 10.5. The van der Waals surface area contributed by atoms with Gasteiger partial charge in [-0.15, -0.1) is 11.3 Å². The van der Waals surface area contributed by atoms with Gasteiger partial charge in [-0.25, -0.2) is 0 Å². The molecule has 0 spiro atoms. The Balaban J connectivity index is 1.65. The lowest BCUT2D eigenvalue weighted by Crippen LogP contribution is -2.39. The standard InChI is InChI=1S/C21H30N4O2S/c1-4-27-18-10-9-16(14-19(18)26-3)24-21(22-2)23-15-17(20-8-7-13-28-20)25-11-5-6-12-25/h7-10,13-14,17H,4-6,11-12,15H2,1-3H3,(H2,22,23,24). The summed E-state index contributed by atoms with van der Waals surface area (Å²) in [5.74, 6) is 2.19. The predicted molar refractivity (Wildman–Crippen MR) is 117 cm³/mol. The molecule has 0 saturated carbocycles. The molecule has 0 radical (unpaired) electrons. The minimum atomic E-state index is 0.371. The topological polar surface area (TPSA) is 58.1 Å². The molecule has 1 aromatic heterocycles. The number of likely N-dealkylation sites (tertiary alicyclic amines) is 1. The van der Waals surface area contributed by atoms with Crippen LogP contribution in [0.3, 0.4) is 0 Å². The molecule has 1 unspecified atom stereocenters. The Labute approximate surface area is 171 Å². The van der Waals surface area contributed by atoms with Crippen molar-refractivity contribution < 1.29 is 9.47 Å². The van der Waals surface area contributed by atoms with Crippen molar-refractivity contribution >= 4 is 23.0 Å². The van der Waals surface area contributed by atoms with E-state index in [9.17, 15) is 0 Å². The highest BCUT2D eigenvalue weighted by molar-refractivity contribution is 7.10. The molecule has 2 N–H and O–H groups in total. The van der Waals surface area contributed by atoms with Crippen LogP contribution in [0.15, 0.2) is 40.7 Å². The number of nitrogens with one attached hydrogen (secondary N) is 2. The number of anilines is 1. The van der Waals surface area contributed by atoms with E-state index < -0.39 is 0 Å². The summed E-state index contributed by atoms with van der Waals surface area (Å²) >= 11 is 1.82. The zero-order valence-electron chi connectivity index (χ0n) is 16.9. The molecule has 0 bridgehead atoms. The number of hydrogen-bond acceptors (Lipinski definition) is 5. The minimum absolute atomic E-state index is 0.371. The predicted octanol–water partition coefficient (Wildman–Crippen LogP) is 3.98. The van der Waals surface area contributed by atoms with Gasteiger partial charge in [-0.05, 0) is 56.4 Å². The van der Waals surface area contributed by atoms with Gasteiger partial charge in [0.15, 0.2) is 17.5 Å². The van der Waals surface area contributed by atoms with Crippen LogP contribution in [0.1, 0.15) is 30.7 Å². The van der Waals surface area contributed by atoms with Gasteiger partial charge in [0.05, 0.1) is 19.8 Å². The van der Waals surface area contributed by atoms with Crippen molar-refractivity contribution in [2.24, 2.45) is 4.99 Å². The summed E-state index contributed by atoms with van der Waals surface area (Å²) in [5.41, 5.74) is 0.905. The molecule has 1 aromatic carbocycles. The number of methoxy groups -OCH3 is 1. The lowest BCUT2D eigenvalue weighted by atomic mass is 10.2. The fraction of sp³-hybridized carbons (Fsp3) is 0.476. The Hall–Kier alpha value is -2.25. The van der Waals surface area contributed by atoms with Crippen LogP contribution in [0.4, 0.5) is 5.69 Å². The van der Waals surface area contributed by atoms with Crippen molar-refractivity contribution in [3.8, 4) is 11.5 Å². The Morgan fingerprint density at radius 3 is 2.71 bits per heavy atom. The molecule has 0 amide bonds. The lowest BCUT2D eigenvalue weighted by molar-refractivity contribution is 0.249. The van der Waals surface area contributed by atoms with E-state index in [0.717, 1.165) is 37.0 Å². The number of nitrogens with zero attached hydrogens (tertiary/aromatic N) is 2.